The Morgan fingerprint density at radius 2 is 1.75 bits per heavy atom. The number of aliphatic hydroxyl groups is 1. The number of hydrogen-bond donors (Lipinski definition) is 8. The Balaban J connectivity index is 2.14. The van der Waals surface area contributed by atoms with Crippen molar-refractivity contribution in [1.82, 2.24) is 21.3 Å². The number of phenols is 1. The first kappa shape index (κ1) is 29.0. The van der Waals surface area contributed by atoms with E-state index in [-0.39, 0.29) is 24.5 Å². The van der Waals surface area contributed by atoms with E-state index in [4.69, 9.17) is 5.73 Å². The van der Waals surface area contributed by atoms with Gasteiger partial charge in [-0.05, 0) is 69.8 Å². The van der Waals surface area contributed by atoms with Crippen LogP contribution in [-0.2, 0) is 25.6 Å². The zero-order chi connectivity index (χ0) is 26.7. The van der Waals surface area contributed by atoms with Crippen molar-refractivity contribution in [3.8, 4) is 5.75 Å². The first-order valence-corrected chi connectivity index (χ1v) is 12.2. The molecule has 0 radical (unpaired) electrons. The lowest BCUT2D eigenvalue weighted by Crippen LogP contribution is -2.60. The van der Waals surface area contributed by atoms with Crippen molar-refractivity contribution in [3.05, 3.63) is 29.8 Å². The van der Waals surface area contributed by atoms with E-state index in [1.807, 2.05) is 0 Å². The smallest absolute Gasteiger partial charge is 0.326 e. The van der Waals surface area contributed by atoms with E-state index < -0.39 is 48.1 Å². The van der Waals surface area contributed by atoms with Crippen molar-refractivity contribution in [1.29, 1.82) is 0 Å². The largest absolute Gasteiger partial charge is 0.508 e. The molecule has 1 aromatic rings. The summed E-state index contributed by atoms with van der Waals surface area (Å²) in [6.45, 7) is 2.37. The van der Waals surface area contributed by atoms with Gasteiger partial charge in [-0.3, -0.25) is 14.4 Å². The summed E-state index contributed by atoms with van der Waals surface area (Å²) in [6.07, 6.45) is 1.39. The lowest BCUT2D eigenvalue weighted by molar-refractivity contribution is -0.143. The highest BCUT2D eigenvalue weighted by Crippen LogP contribution is 2.13. The van der Waals surface area contributed by atoms with E-state index >= 15 is 0 Å². The van der Waals surface area contributed by atoms with Crippen LogP contribution in [-0.4, -0.2) is 82.4 Å². The third-order valence-corrected chi connectivity index (χ3v) is 6.01. The van der Waals surface area contributed by atoms with Crippen LogP contribution in [0.3, 0.4) is 0 Å². The zero-order valence-electron chi connectivity index (χ0n) is 20.4. The summed E-state index contributed by atoms with van der Waals surface area (Å²) < 4.78 is 0. The second kappa shape index (κ2) is 14.4. The van der Waals surface area contributed by atoms with Gasteiger partial charge >= 0.3 is 5.97 Å². The Kier molecular flexibility index (Phi) is 11.6. The number of phenolic OH excluding ortho intramolecular Hbond substituents is 1. The van der Waals surface area contributed by atoms with Gasteiger partial charge in [0.2, 0.25) is 17.7 Å². The molecule has 0 aliphatic carbocycles. The molecular weight excluding hydrogens is 470 g/mol. The van der Waals surface area contributed by atoms with Crippen molar-refractivity contribution in [2.24, 2.45) is 5.73 Å². The number of aliphatic carboxylic acids is 1. The average molecular weight is 508 g/mol. The Bertz CT molecular complexity index is 887. The minimum atomic E-state index is -1.45. The number of amides is 3. The number of unbranched alkanes of at least 4 members (excludes halogenated alkanes) is 1. The van der Waals surface area contributed by atoms with Gasteiger partial charge in [0.1, 0.15) is 23.9 Å². The molecule has 36 heavy (non-hydrogen) atoms. The molecule has 1 fully saturated rings. The predicted molar refractivity (Wildman–Crippen MR) is 131 cm³/mol. The highest BCUT2D eigenvalue weighted by molar-refractivity contribution is 5.94. The fraction of sp³-hybridized carbons (Fsp3) is 0.583. The molecule has 9 N–H and O–H groups in total. The third-order valence-electron chi connectivity index (χ3n) is 6.01. The molecular formula is C24H37N5O7. The van der Waals surface area contributed by atoms with Gasteiger partial charge < -0.3 is 42.3 Å². The van der Waals surface area contributed by atoms with Gasteiger partial charge in [0, 0.05) is 6.42 Å². The number of carboxylic acids is 1. The minimum absolute atomic E-state index is 0.0456. The van der Waals surface area contributed by atoms with Crippen molar-refractivity contribution in [3.63, 3.8) is 0 Å². The summed E-state index contributed by atoms with van der Waals surface area (Å²) >= 11 is 0. The number of aromatic hydroxyl groups is 1. The minimum Gasteiger partial charge on any atom is -0.508 e. The molecule has 2 rings (SSSR count). The summed E-state index contributed by atoms with van der Waals surface area (Å²) in [5.74, 6) is -3.13. The quantitative estimate of drug-likeness (QED) is 0.141. The number of benzene rings is 1. The van der Waals surface area contributed by atoms with Gasteiger partial charge in [0.15, 0.2) is 0 Å². The van der Waals surface area contributed by atoms with E-state index in [0.29, 0.717) is 37.9 Å². The fourth-order valence-corrected chi connectivity index (χ4v) is 3.93. The molecule has 200 valence electrons. The molecule has 1 aliphatic heterocycles. The number of nitrogens with two attached hydrogens (primary N) is 1. The number of carbonyl (C=O) groups is 4. The average Bonchev–Trinajstić information content (AvgIpc) is 3.37. The van der Waals surface area contributed by atoms with Gasteiger partial charge in [-0.1, -0.05) is 12.1 Å². The van der Waals surface area contributed by atoms with Crippen LogP contribution >= 0.6 is 0 Å². The third kappa shape index (κ3) is 9.10. The number of nitrogens with one attached hydrogen (secondary N) is 4. The summed E-state index contributed by atoms with van der Waals surface area (Å²) in [5, 5.41) is 39.7. The maximum atomic E-state index is 13.2. The van der Waals surface area contributed by atoms with Crippen molar-refractivity contribution in [2.75, 3.05) is 13.1 Å². The van der Waals surface area contributed by atoms with E-state index in [2.05, 4.69) is 21.3 Å². The molecule has 1 aliphatic rings. The summed E-state index contributed by atoms with van der Waals surface area (Å²) in [4.78, 5) is 50.3. The molecule has 0 aromatic heterocycles. The number of rotatable bonds is 14. The van der Waals surface area contributed by atoms with Crippen LogP contribution in [0.5, 0.6) is 5.75 Å². The van der Waals surface area contributed by atoms with Crippen molar-refractivity contribution in [2.45, 2.75) is 75.7 Å². The lowest BCUT2D eigenvalue weighted by Gasteiger charge is -2.26. The predicted octanol–water partition coefficient (Wildman–Crippen LogP) is -1.26. The molecule has 0 saturated carbocycles. The molecule has 3 amide bonds. The number of aliphatic hydroxyl groups excluding tert-OH is 1. The number of carboxylic acid groups (broad SMARTS) is 1. The van der Waals surface area contributed by atoms with Crippen LogP contribution in [0.4, 0.5) is 0 Å². The molecule has 1 saturated heterocycles. The summed E-state index contributed by atoms with van der Waals surface area (Å²) in [5.41, 5.74) is 6.09. The van der Waals surface area contributed by atoms with Crippen molar-refractivity contribution < 1.29 is 34.5 Å². The standard InChI is InChI=1S/C24H37N5O7/c1-14(30)20(23(34)27-18(24(35)36)5-2-3-11-25)29-22(33)19(13-15-7-9-16(31)10-8-15)28-21(32)17-6-4-12-26-17/h7-10,14,17-20,26,30-31H,2-6,11-13,25H2,1H3,(H,27,34)(H,28,32)(H,29,33)(H,35,36). The van der Waals surface area contributed by atoms with E-state index in [1.54, 1.807) is 12.1 Å². The number of hydrogen-bond acceptors (Lipinski definition) is 8. The van der Waals surface area contributed by atoms with Crippen LogP contribution < -0.4 is 27.0 Å². The fourth-order valence-electron chi connectivity index (χ4n) is 3.93. The molecule has 5 atom stereocenters. The monoisotopic (exact) mass is 507 g/mol. The zero-order valence-corrected chi connectivity index (χ0v) is 20.4. The lowest BCUT2D eigenvalue weighted by atomic mass is 10.0. The Morgan fingerprint density at radius 1 is 1.06 bits per heavy atom. The molecule has 12 heteroatoms. The van der Waals surface area contributed by atoms with Crippen LogP contribution in [0.1, 0.15) is 44.6 Å². The Morgan fingerprint density at radius 3 is 2.31 bits per heavy atom. The van der Waals surface area contributed by atoms with Gasteiger partial charge in [-0.25, -0.2) is 4.79 Å². The van der Waals surface area contributed by atoms with Crippen LogP contribution in [0.15, 0.2) is 24.3 Å². The molecule has 1 aromatic carbocycles. The van der Waals surface area contributed by atoms with Gasteiger partial charge in [0.05, 0.1) is 12.1 Å². The SMILES string of the molecule is CC(O)C(NC(=O)C(Cc1ccc(O)cc1)NC(=O)C1CCCN1)C(=O)NC(CCCCN)C(=O)O. The molecule has 0 bridgehead atoms. The molecule has 5 unspecified atom stereocenters. The highest BCUT2D eigenvalue weighted by atomic mass is 16.4. The topological polar surface area (TPSA) is 203 Å². The van der Waals surface area contributed by atoms with Gasteiger partial charge in [0.25, 0.3) is 0 Å². The van der Waals surface area contributed by atoms with E-state index in [0.717, 1.165) is 6.42 Å². The Labute approximate surface area is 210 Å². The number of carbonyl (C=O) groups excluding carboxylic acids is 3. The maximum Gasteiger partial charge on any atom is 0.326 e. The first-order chi connectivity index (χ1) is 17.1. The van der Waals surface area contributed by atoms with E-state index in [1.165, 1.54) is 19.1 Å². The van der Waals surface area contributed by atoms with Gasteiger partial charge in [-0.2, -0.15) is 0 Å². The second-order valence-corrected chi connectivity index (χ2v) is 8.99. The molecule has 0 spiro atoms. The van der Waals surface area contributed by atoms with E-state index in [9.17, 15) is 34.5 Å². The summed E-state index contributed by atoms with van der Waals surface area (Å²) in [6, 6.07) is 1.93. The first-order valence-electron chi connectivity index (χ1n) is 12.2. The maximum absolute atomic E-state index is 13.2. The van der Waals surface area contributed by atoms with Gasteiger partial charge in [-0.15, -0.1) is 0 Å². The van der Waals surface area contributed by atoms with Crippen LogP contribution in [0.25, 0.3) is 0 Å². The molecule has 1 heterocycles. The highest BCUT2D eigenvalue weighted by Gasteiger charge is 2.33. The Hall–Kier alpha value is -3.22. The molecule has 12 nitrogen and oxygen atoms in total. The van der Waals surface area contributed by atoms with Crippen molar-refractivity contribution >= 4 is 23.7 Å². The summed E-state index contributed by atoms with van der Waals surface area (Å²) in [7, 11) is 0. The van der Waals surface area contributed by atoms with Crippen LogP contribution in [0, 0.1) is 0 Å². The normalized spacial score (nSPS) is 18.5. The van der Waals surface area contributed by atoms with Crippen LogP contribution in [0.2, 0.25) is 0 Å². The second-order valence-electron chi connectivity index (χ2n) is 8.99.